The van der Waals surface area contributed by atoms with Crippen LogP contribution in [0.3, 0.4) is 0 Å². The number of anilines is 1. The molecule has 2 aromatic rings. The molecular weight excluding hydrogens is 248 g/mol. The van der Waals surface area contributed by atoms with Gasteiger partial charge in [0.2, 0.25) is 5.89 Å². The van der Waals surface area contributed by atoms with Gasteiger partial charge in [0.05, 0.1) is 11.4 Å². The van der Waals surface area contributed by atoms with Crippen LogP contribution in [-0.2, 0) is 19.9 Å². The molecule has 0 atom stereocenters. The van der Waals surface area contributed by atoms with Gasteiger partial charge < -0.3 is 15.6 Å². The molecule has 8 heteroatoms. The van der Waals surface area contributed by atoms with Gasteiger partial charge in [-0.05, 0) is 6.42 Å². The maximum absolute atomic E-state index is 12.0. The Morgan fingerprint density at radius 3 is 2.95 bits per heavy atom. The third kappa shape index (κ3) is 2.72. The van der Waals surface area contributed by atoms with Crippen LogP contribution in [0.2, 0.25) is 0 Å². The van der Waals surface area contributed by atoms with Crippen molar-refractivity contribution < 1.29 is 9.32 Å². The fourth-order valence-electron chi connectivity index (χ4n) is 1.80. The molecule has 0 saturated carbocycles. The number of aromatic nitrogens is 4. The standard InChI is InChI=1S/C11H16N6O2/c1-3-7-9(12)10(17(2)16-7)11(18)13-5-4-8-14-6-15-19-8/h6H,3-5,12H2,1-2H3,(H,13,18). The lowest BCUT2D eigenvalue weighted by molar-refractivity contribution is 0.0945. The van der Waals surface area contributed by atoms with Crippen molar-refractivity contribution in [3.05, 3.63) is 23.6 Å². The molecule has 0 aliphatic carbocycles. The SMILES string of the molecule is CCc1nn(C)c(C(=O)NCCc2ncno2)c1N. The number of nitrogens with zero attached hydrogens (tertiary/aromatic N) is 4. The lowest BCUT2D eigenvalue weighted by atomic mass is 10.2. The second-order valence-electron chi connectivity index (χ2n) is 4.03. The number of hydrogen-bond donors (Lipinski definition) is 2. The van der Waals surface area contributed by atoms with Crippen molar-refractivity contribution in [3.63, 3.8) is 0 Å². The minimum absolute atomic E-state index is 0.258. The molecule has 0 aliphatic rings. The van der Waals surface area contributed by atoms with Crippen molar-refractivity contribution in [1.82, 2.24) is 25.2 Å². The van der Waals surface area contributed by atoms with Gasteiger partial charge in [-0.2, -0.15) is 10.1 Å². The largest absolute Gasteiger partial charge is 0.395 e. The van der Waals surface area contributed by atoms with Gasteiger partial charge in [0, 0.05) is 20.0 Å². The lowest BCUT2D eigenvalue weighted by Crippen LogP contribution is -2.28. The number of nitrogens with one attached hydrogen (secondary N) is 1. The number of aryl methyl sites for hydroxylation is 2. The number of nitrogen functional groups attached to an aromatic ring is 1. The zero-order valence-corrected chi connectivity index (χ0v) is 10.9. The van der Waals surface area contributed by atoms with Gasteiger partial charge in [0.15, 0.2) is 6.33 Å². The van der Waals surface area contributed by atoms with Crippen LogP contribution in [0.5, 0.6) is 0 Å². The Bertz CT molecular complexity index is 560. The molecule has 0 aromatic carbocycles. The van der Waals surface area contributed by atoms with Gasteiger partial charge in [0.1, 0.15) is 5.69 Å². The van der Waals surface area contributed by atoms with E-state index in [9.17, 15) is 4.79 Å². The Morgan fingerprint density at radius 1 is 1.58 bits per heavy atom. The van der Waals surface area contributed by atoms with Crippen LogP contribution >= 0.6 is 0 Å². The average Bonchev–Trinajstić information content (AvgIpc) is 2.97. The van der Waals surface area contributed by atoms with Gasteiger partial charge in [-0.25, -0.2) is 0 Å². The minimum atomic E-state index is -0.258. The number of carbonyl (C=O) groups excluding carboxylic acids is 1. The first-order valence-electron chi connectivity index (χ1n) is 5.98. The van der Waals surface area contributed by atoms with E-state index in [-0.39, 0.29) is 5.91 Å². The molecule has 0 fully saturated rings. The molecular formula is C11H16N6O2. The predicted molar refractivity (Wildman–Crippen MR) is 67.3 cm³/mol. The molecule has 0 spiro atoms. The number of hydrogen-bond acceptors (Lipinski definition) is 6. The maximum atomic E-state index is 12.0. The first kappa shape index (κ1) is 13.1. The Hall–Kier alpha value is -2.38. The van der Waals surface area contributed by atoms with Crippen molar-refractivity contribution in [3.8, 4) is 0 Å². The summed E-state index contributed by atoms with van der Waals surface area (Å²) in [5, 5.41) is 10.4. The summed E-state index contributed by atoms with van der Waals surface area (Å²) in [4.78, 5) is 15.9. The van der Waals surface area contributed by atoms with Crippen LogP contribution in [0.1, 0.15) is 29.0 Å². The normalized spacial score (nSPS) is 10.6. The molecule has 1 amide bonds. The van der Waals surface area contributed by atoms with Crippen LogP contribution in [0.4, 0.5) is 5.69 Å². The van der Waals surface area contributed by atoms with Crippen molar-refractivity contribution >= 4 is 11.6 Å². The van der Waals surface area contributed by atoms with Crippen LogP contribution < -0.4 is 11.1 Å². The second kappa shape index (κ2) is 5.51. The summed E-state index contributed by atoms with van der Waals surface area (Å²) < 4.78 is 6.33. The van der Waals surface area contributed by atoms with Gasteiger partial charge >= 0.3 is 0 Å². The van der Waals surface area contributed by atoms with Crippen molar-refractivity contribution in [1.29, 1.82) is 0 Å². The molecule has 0 radical (unpaired) electrons. The molecule has 0 aliphatic heterocycles. The zero-order valence-electron chi connectivity index (χ0n) is 10.9. The number of carbonyl (C=O) groups is 1. The fourth-order valence-corrected chi connectivity index (χ4v) is 1.80. The van der Waals surface area contributed by atoms with Gasteiger partial charge in [-0.15, -0.1) is 0 Å². The highest BCUT2D eigenvalue weighted by molar-refractivity contribution is 5.97. The summed E-state index contributed by atoms with van der Waals surface area (Å²) >= 11 is 0. The third-order valence-electron chi connectivity index (χ3n) is 2.74. The molecule has 8 nitrogen and oxygen atoms in total. The van der Waals surface area contributed by atoms with Crippen molar-refractivity contribution in [2.75, 3.05) is 12.3 Å². The summed E-state index contributed by atoms with van der Waals surface area (Å²) in [5.74, 6) is 0.222. The van der Waals surface area contributed by atoms with E-state index < -0.39 is 0 Å². The van der Waals surface area contributed by atoms with Crippen LogP contribution in [0.15, 0.2) is 10.9 Å². The smallest absolute Gasteiger partial charge is 0.271 e. The molecule has 19 heavy (non-hydrogen) atoms. The molecule has 0 saturated heterocycles. The van der Waals surface area contributed by atoms with Gasteiger partial charge in [-0.3, -0.25) is 9.48 Å². The minimum Gasteiger partial charge on any atom is -0.395 e. The fraction of sp³-hybridized carbons (Fsp3) is 0.455. The van der Waals surface area contributed by atoms with E-state index in [0.717, 1.165) is 5.69 Å². The first-order valence-corrected chi connectivity index (χ1v) is 5.98. The highest BCUT2D eigenvalue weighted by atomic mass is 16.5. The molecule has 3 N–H and O–H groups in total. The monoisotopic (exact) mass is 264 g/mol. The first-order chi connectivity index (χ1) is 9.13. The highest BCUT2D eigenvalue weighted by Crippen LogP contribution is 2.16. The average molecular weight is 264 g/mol. The van der Waals surface area contributed by atoms with E-state index in [0.29, 0.717) is 36.7 Å². The van der Waals surface area contributed by atoms with E-state index in [1.165, 1.54) is 11.0 Å². The summed E-state index contributed by atoms with van der Waals surface area (Å²) in [5.41, 5.74) is 7.43. The molecule has 2 aromatic heterocycles. The summed E-state index contributed by atoms with van der Waals surface area (Å²) in [6, 6.07) is 0. The molecule has 2 heterocycles. The summed E-state index contributed by atoms with van der Waals surface area (Å²) in [6.07, 6.45) is 2.49. The van der Waals surface area contributed by atoms with E-state index in [1.807, 2.05) is 6.92 Å². The van der Waals surface area contributed by atoms with Crippen molar-refractivity contribution in [2.24, 2.45) is 7.05 Å². The topological polar surface area (TPSA) is 112 Å². The Labute approximate surface area is 110 Å². The Kier molecular flexibility index (Phi) is 3.79. The van der Waals surface area contributed by atoms with Gasteiger partial charge in [0.25, 0.3) is 5.91 Å². The molecule has 0 unspecified atom stereocenters. The Morgan fingerprint density at radius 2 is 2.37 bits per heavy atom. The zero-order chi connectivity index (χ0) is 13.8. The number of nitrogens with two attached hydrogens (primary N) is 1. The molecule has 102 valence electrons. The molecule has 0 bridgehead atoms. The second-order valence-corrected chi connectivity index (χ2v) is 4.03. The predicted octanol–water partition coefficient (Wildman–Crippen LogP) is -0.0798. The number of rotatable bonds is 5. The molecule has 2 rings (SSSR count). The Balaban J connectivity index is 1.98. The summed E-state index contributed by atoms with van der Waals surface area (Å²) in [7, 11) is 1.70. The van der Waals surface area contributed by atoms with E-state index >= 15 is 0 Å². The van der Waals surface area contributed by atoms with E-state index in [4.69, 9.17) is 10.3 Å². The van der Waals surface area contributed by atoms with Crippen molar-refractivity contribution in [2.45, 2.75) is 19.8 Å². The highest BCUT2D eigenvalue weighted by Gasteiger charge is 2.18. The van der Waals surface area contributed by atoms with E-state index in [2.05, 4.69) is 20.6 Å². The summed E-state index contributed by atoms with van der Waals surface area (Å²) in [6.45, 7) is 2.34. The van der Waals surface area contributed by atoms with Crippen LogP contribution in [0, 0.1) is 0 Å². The maximum Gasteiger partial charge on any atom is 0.271 e. The van der Waals surface area contributed by atoms with Crippen LogP contribution in [0.25, 0.3) is 0 Å². The van der Waals surface area contributed by atoms with E-state index in [1.54, 1.807) is 7.05 Å². The van der Waals surface area contributed by atoms with Gasteiger partial charge in [-0.1, -0.05) is 12.1 Å². The lowest BCUT2D eigenvalue weighted by Gasteiger charge is -2.04. The number of amides is 1. The quantitative estimate of drug-likeness (QED) is 0.781. The third-order valence-corrected chi connectivity index (χ3v) is 2.74. The van der Waals surface area contributed by atoms with Crippen LogP contribution in [-0.4, -0.2) is 32.4 Å².